The Balaban J connectivity index is 1.46. The molecule has 2 saturated heterocycles. The summed E-state index contributed by atoms with van der Waals surface area (Å²) in [6, 6.07) is 9.62. The Bertz CT molecular complexity index is 794. The second-order valence-electron chi connectivity index (χ2n) is 7.30. The highest BCUT2D eigenvalue weighted by Crippen LogP contribution is 2.29. The molecule has 0 atom stereocenters. The molecule has 0 bridgehead atoms. The number of aromatic nitrogens is 2. The number of amides is 2. The van der Waals surface area contributed by atoms with Crippen LogP contribution in [0.2, 0.25) is 0 Å². The Kier molecular flexibility index (Phi) is 4.94. The van der Waals surface area contributed by atoms with Crippen molar-refractivity contribution in [1.82, 2.24) is 20.0 Å². The summed E-state index contributed by atoms with van der Waals surface area (Å²) in [7, 11) is 0. The molecule has 2 aliphatic rings. The lowest BCUT2D eigenvalue weighted by atomic mass is 9.87. The normalized spacial score (nSPS) is 19.3. The molecule has 3 heterocycles. The smallest absolute Gasteiger partial charge is 0.252 e. The van der Waals surface area contributed by atoms with E-state index in [0.717, 1.165) is 37.3 Å². The molecule has 0 unspecified atom stereocenters. The first kappa shape index (κ1) is 17.7. The number of hydrogen-bond acceptors (Lipinski definition) is 4. The molecule has 1 aromatic carbocycles. The summed E-state index contributed by atoms with van der Waals surface area (Å²) < 4.78 is 1.79. The Morgan fingerprint density at radius 1 is 1.22 bits per heavy atom. The zero-order chi connectivity index (χ0) is 18.7. The maximum atomic E-state index is 13.1. The van der Waals surface area contributed by atoms with E-state index in [1.807, 2.05) is 41.4 Å². The van der Waals surface area contributed by atoms with Gasteiger partial charge in [-0.25, -0.2) is 0 Å². The number of hydrogen-bond donors (Lipinski definition) is 2. The second-order valence-corrected chi connectivity index (χ2v) is 7.30. The van der Waals surface area contributed by atoms with E-state index in [1.54, 1.807) is 10.9 Å². The lowest BCUT2D eigenvalue weighted by molar-refractivity contribution is -0.128. The topological polar surface area (TPSA) is 79.3 Å². The third-order valence-electron chi connectivity index (χ3n) is 5.55. The summed E-state index contributed by atoms with van der Waals surface area (Å²) in [4.78, 5) is 26.8. The molecular weight excluding hydrogens is 342 g/mol. The Hall–Kier alpha value is -2.67. The zero-order valence-electron chi connectivity index (χ0n) is 15.4. The molecule has 2 aromatic rings. The van der Waals surface area contributed by atoms with Gasteiger partial charge in [0.25, 0.3) is 5.91 Å². The van der Waals surface area contributed by atoms with Gasteiger partial charge in [-0.3, -0.25) is 14.3 Å². The second kappa shape index (κ2) is 7.52. The predicted molar refractivity (Wildman–Crippen MR) is 102 cm³/mol. The maximum Gasteiger partial charge on any atom is 0.252 e. The van der Waals surface area contributed by atoms with Crippen LogP contribution in [0.4, 0.5) is 5.69 Å². The number of piperidine rings is 1. The van der Waals surface area contributed by atoms with Crippen LogP contribution in [-0.4, -0.2) is 46.1 Å². The van der Waals surface area contributed by atoms with Crippen molar-refractivity contribution >= 4 is 17.5 Å². The van der Waals surface area contributed by atoms with Gasteiger partial charge in [0.1, 0.15) is 5.54 Å². The minimum atomic E-state index is -0.657. The number of likely N-dealkylation sites (tertiary alicyclic amines) is 1. The quantitative estimate of drug-likeness (QED) is 0.843. The highest BCUT2D eigenvalue weighted by atomic mass is 16.2. The Morgan fingerprint density at radius 2 is 2.00 bits per heavy atom. The molecule has 1 aromatic heterocycles. The van der Waals surface area contributed by atoms with Crippen LogP contribution in [0.15, 0.2) is 42.7 Å². The number of carbonyl (C=O) groups excluding carboxylic acids is 2. The van der Waals surface area contributed by atoms with Gasteiger partial charge in [-0.2, -0.15) is 5.10 Å². The van der Waals surface area contributed by atoms with Gasteiger partial charge in [-0.1, -0.05) is 12.1 Å². The molecule has 142 valence electrons. The van der Waals surface area contributed by atoms with Crippen molar-refractivity contribution in [3.05, 3.63) is 48.3 Å². The molecule has 2 N–H and O–H groups in total. The molecule has 7 nitrogen and oxygen atoms in total. The van der Waals surface area contributed by atoms with Crippen LogP contribution in [0.5, 0.6) is 0 Å². The van der Waals surface area contributed by atoms with E-state index in [9.17, 15) is 9.59 Å². The van der Waals surface area contributed by atoms with Crippen molar-refractivity contribution in [1.29, 1.82) is 0 Å². The zero-order valence-corrected chi connectivity index (χ0v) is 15.4. The summed E-state index contributed by atoms with van der Waals surface area (Å²) in [5.74, 6) is 0.189. The number of rotatable bonds is 5. The van der Waals surface area contributed by atoms with Crippen molar-refractivity contribution in [2.45, 2.75) is 37.8 Å². The van der Waals surface area contributed by atoms with Gasteiger partial charge in [-0.15, -0.1) is 0 Å². The van der Waals surface area contributed by atoms with Gasteiger partial charge < -0.3 is 15.5 Å². The number of carbonyl (C=O) groups is 2. The van der Waals surface area contributed by atoms with E-state index in [1.165, 1.54) is 0 Å². The summed E-state index contributed by atoms with van der Waals surface area (Å²) in [5.41, 5.74) is 1.18. The van der Waals surface area contributed by atoms with Gasteiger partial charge >= 0.3 is 0 Å². The molecule has 2 aliphatic heterocycles. The van der Waals surface area contributed by atoms with Gasteiger partial charge in [0.2, 0.25) is 5.91 Å². The molecule has 0 aliphatic carbocycles. The first-order valence-electron chi connectivity index (χ1n) is 9.56. The van der Waals surface area contributed by atoms with Crippen LogP contribution in [-0.2, 0) is 21.7 Å². The fourth-order valence-corrected chi connectivity index (χ4v) is 3.96. The highest BCUT2D eigenvalue weighted by Gasteiger charge is 2.42. The molecule has 4 rings (SSSR count). The summed E-state index contributed by atoms with van der Waals surface area (Å²) in [6.07, 6.45) is 6.58. The monoisotopic (exact) mass is 367 g/mol. The average molecular weight is 367 g/mol. The van der Waals surface area contributed by atoms with E-state index in [0.29, 0.717) is 25.8 Å². The predicted octanol–water partition coefficient (Wildman–Crippen LogP) is 1.72. The molecule has 2 amide bonds. The summed E-state index contributed by atoms with van der Waals surface area (Å²) >= 11 is 0. The van der Waals surface area contributed by atoms with Gasteiger partial charge in [-0.05, 0) is 56.1 Å². The molecule has 27 heavy (non-hydrogen) atoms. The van der Waals surface area contributed by atoms with Crippen molar-refractivity contribution < 1.29 is 9.59 Å². The fourth-order valence-electron chi connectivity index (χ4n) is 3.96. The number of benzene rings is 1. The van der Waals surface area contributed by atoms with E-state index < -0.39 is 5.54 Å². The Morgan fingerprint density at radius 3 is 2.63 bits per heavy atom. The minimum absolute atomic E-state index is 0.0322. The van der Waals surface area contributed by atoms with E-state index in [-0.39, 0.29) is 11.8 Å². The first-order chi connectivity index (χ1) is 13.2. The van der Waals surface area contributed by atoms with Crippen LogP contribution in [0.1, 0.15) is 31.2 Å². The van der Waals surface area contributed by atoms with Crippen molar-refractivity contribution in [3.8, 4) is 0 Å². The average Bonchev–Trinajstić information content (AvgIpc) is 3.37. The lowest BCUT2D eigenvalue weighted by Gasteiger charge is -2.36. The third kappa shape index (κ3) is 3.60. The number of anilines is 1. The minimum Gasteiger partial charge on any atom is -0.338 e. The standard InChI is InChI=1S/C20H25N5O2/c26-18-3-1-13-24(18)15-16-4-6-17(7-5-16)23-19(27)20(8-11-21-12-9-20)25-14-2-10-22-25/h2,4-7,10,14,21H,1,3,8-9,11-13,15H2,(H,23,27). The molecular formula is C20H25N5O2. The number of nitrogens with zero attached hydrogens (tertiary/aromatic N) is 3. The molecule has 0 radical (unpaired) electrons. The first-order valence-corrected chi connectivity index (χ1v) is 9.56. The third-order valence-corrected chi connectivity index (χ3v) is 5.55. The van der Waals surface area contributed by atoms with Gasteiger partial charge in [0.15, 0.2) is 0 Å². The highest BCUT2D eigenvalue weighted by molar-refractivity contribution is 5.96. The van der Waals surface area contributed by atoms with E-state index in [2.05, 4.69) is 15.7 Å². The van der Waals surface area contributed by atoms with Crippen molar-refractivity contribution in [3.63, 3.8) is 0 Å². The van der Waals surface area contributed by atoms with E-state index >= 15 is 0 Å². The van der Waals surface area contributed by atoms with Crippen LogP contribution >= 0.6 is 0 Å². The van der Waals surface area contributed by atoms with Crippen LogP contribution in [0, 0.1) is 0 Å². The molecule has 7 heteroatoms. The van der Waals surface area contributed by atoms with Gasteiger partial charge in [0, 0.05) is 37.6 Å². The van der Waals surface area contributed by atoms with Crippen LogP contribution in [0.3, 0.4) is 0 Å². The number of nitrogens with one attached hydrogen (secondary N) is 2. The van der Waals surface area contributed by atoms with E-state index in [4.69, 9.17) is 0 Å². The molecule has 2 fully saturated rings. The Labute approximate surface area is 158 Å². The molecule has 0 spiro atoms. The lowest BCUT2D eigenvalue weighted by Crippen LogP contribution is -2.52. The van der Waals surface area contributed by atoms with Crippen LogP contribution in [0.25, 0.3) is 0 Å². The summed E-state index contributed by atoms with van der Waals surface area (Å²) in [5, 5.41) is 10.7. The SMILES string of the molecule is O=C1CCCN1Cc1ccc(NC(=O)C2(n3cccn3)CCNCC2)cc1. The molecule has 0 saturated carbocycles. The largest absolute Gasteiger partial charge is 0.338 e. The van der Waals surface area contributed by atoms with Crippen molar-refractivity contribution in [2.24, 2.45) is 0 Å². The van der Waals surface area contributed by atoms with Crippen LogP contribution < -0.4 is 10.6 Å². The van der Waals surface area contributed by atoms with Gasteiger partial charge in [0.05, 0.1) is 0 Å². The summed E-state index contributed by atoms with van der Waals surface area (Å²) in [6.45, 7) is 3.04. The van der Waals surface area contributed by atoms with Crippen molar-refractivity contribution in [2.75, 3.05) is 25.0 Å². The fraction of sp³-hybridized carbons (Fsp3) is 0.450. The maximum absolute atomic E-state index is 13.1.